The number of nitrogens with one attached hydrogen (secondary N) is 1. The normalized spacial score (nSPS) is 19.9. The summed E-state index contributed by atoms with van der Waals surface area (Å²) < 4.78 is 11.2. The number of aliphatic hydroxyl groups is 1. The van der Waals surface area contributed by atoms with Crippen molar-refractivity contribution in [2.75, 3.05) is 19.8 Å². The van der Waals surface area contributed by atoms with Crippen molar-refractivity contribution in [2.24, 2.45) is 0 Å². The molecule has 16 heavy (non-hydrogen) atoms. The van der Waals surface area contributed by atoms with Gasteiger partial charge in [-0.3, -0.25) is 0 Å². The number of rotatable bonds is 4. The number of aliphatic hydroxyl groups excluding tert-OH is 1. The van der Waals surface area contributed by atoms with Gasteiger partial charge in [0.05, 0.1) is 18.5 Å². The minimum absolute atomic E-state index is 0.0221. The van der Waals surface area contributed by atoms with Crippen LogP contribution >= 0.6 is 0 Å². The van der Waals surface area contributed by atoms with Crippen molar-refractivity contribution >= 4 is 0 Å². The summed E-state index contributed by atoms with van der Waals surface area (Å²) in [6.45, 7) is 3.98. The van der Waals surface area contributed by atoms with E-state index in [4.69, 9.17) is 14.6 Å². The van der Waals surface area contributed by atoms with Gasteiger partial charge in [0.2, 0.25) is 0 Å². The molecular formula is C11H18N2O3. The summed E-state index contributed by atoms with van der Waals surface area (Å²) in [6.07, 6.45) is 3.27. The third-order valence-electron chi connectivity index (χ3n) is 2.95. The van der Waals surface area contributed by atoms with Gasteiger partial charge in [-0.2, -0.15) is 0 Å². The van der Waals surface area contributed by atoms with E-state index in [1.165, 1.54) is 0 Å². The van der Waals surface area contributed by atoms with Crippen molar-refractivity contribution in [3.05, 3.63) is 17.7 Å². The molecule has 5 nitrogen and oxygen atoms in total. The molecule has 0 amide bonds. The fourth-order valence-corrected chi connectivity index (χ4v) is 2.10. The van der Waals surface area contributed by atoms with Crippen molar-refractivity contribution in [1.29, 1.82) is 0 Å². The first-order valence-electron chi connectivity index (χ1n) is 5.67. The van der Waals surface area contributed by atoms with Gasteiger partial charge >= 0.3 is 0 Å². The molecule has 90 valence electrons. The Kier molecular flexibility index (Phi) is 3.58. The van der Waals surface area contributed by atoms with Crippen LogP contribution in [0.15, 0.2) is 6.20 Å². The van der Waals surface area contributed by atoms with Gasteiger partial charge in [0.15, 0.2) is 0 Å². The third kappa shape index (κ3) is 2.11. The molecule has 2 N–H and O–H groups in total. The first kappa shape index (κ1) is 11.6. The number of nitrogens with zero attached hydrogens (tertiary/aromatic N) is 1. The lowest BCUT2D eigenvalue weighted by molar-refractivity contribution is -0.117. The van der Waals surface area contributed by atoms with Gasteiger partial charge in [0.25, 0.3) is 0 Å². The Morgan fingerprint density at radius 2 is 2.31 bits per heavy atom. The van der Waals surface area contributed by atoms with E-state index in [2.05, 4.69) is 9.97 Å². The molecule has 1 aliphatic heterocycles. The molecular weight excluding hydrogens is 208 g/mol. The second kappa shape index (κ2) is 4.95. The van der Waals surface area contributed by atoms with Gasteiger partial charge in [0.1, 0.15) is 11.4 Å². The van der Waals surface area contributed by atoms with E-state index in [0.717, 1.165) is 24.4 Å². The highest BCUT2D eigenvalue weighted by Gasteiger charge is 2.37. The quantitative estimate of drug-likeness (QED) is 0.802. The molecule has 2 rings (SSSR count). The highest BCUT2D eigenvalue weighted by atomic mass is 16.5. The maximum atomic E-state index is 9.03. The molecule has 0 radical (unpaired) electrons. The van der Waals surface area contributed by atoms with Crippen LogP contribution in [0, 0.1) is 0 Å². The van der Waals surface area contributed by atoms with E-state index in [1.54, 1.807) is 6.20 Å². The van der Waals surface area contributed by atoms with Crippen LogP contribution in [0.5, 0.6) is 0 Å². The highest BCUT2D eigenvalue weighted by Crippen LogP contribution is 2.34. The molecule has 1 aromatic heterocycles. The summed E-state index contributed by atoms with van der Waals surface area (Å²) >= 11 is 0. The minimum atomic E-state index is -0.361. The topological polar surface area (TPSA) is 67.4 Å². The van der Waals surface area contributed by atoms with Gasteiger partial charge in [-0.15, -0.1) is 0 Å². The Morgan fingerprint density at radius 3 is 2.88 bits per heavy atom. The first-order chi connectivity index (χ1) is 7.80. The Hall–Kier alpha value is -0.910. The van der Waals surface area contributed by atoms with Crippen LogP contribution in [0.4, 0.5) is 0 Å². The van der Waals surface area contributed by atoms with Crippen LogP contribution in [0.25, 0.3) is 0 Å². The molecule has 5 heteroatoms. The molecule has 0 aliphatic carbocycles. The van der Waals surface area contributed by atoms with E-state index in [1.807, 2.05) is 6.92 Å². The van der Waals surface area contributed by atoms with Crippen LogP contribution < -0.4 is 0 Å². The fourth-order valence-electron chi connectivity index (χ4n) is 2.10. The summed E-state index contributed by atoms with van der Waals surface area (Å²) in [5.74, 6) is 0.807. The number of ether oxygens (including phenoxy) is 2. The molecule has 0 spiro atoms. The minimum Gasteiger partial charge on any atom is -0.390 e. The number of aromatic nitrogens is 2. The lowest BCUT2D eigenvalue weighted by Crippen LogP contribution is -2.37. The SMILES string of the molecule is CCOC1(c2ncc(CO)[nH]2)CCOCC1. The average molecular weight is 226 g/mol. The van der Waals surface area contributed by atoms with Gasteiger partial charge in [0, 0.05) is 32.7 Å². The first-order valence-corrected chi connectivity index (χ1v) is 5.67. The van der Waals surface area contributed by atoms with Crippen LogP contribution in [-0.4, -0.2) is 34.9 Å². The number of aromatic amines is 1. The Balaban J connectivity index is 2.23. The predicted molar refractivity (Wildman–Crippen MR) is 57.9 cm³/mol. The van der Waals surface area contributed by atoms with E-state index in [9.17, 15) is 0 Å². The van der Waals surface area contributed by atoms with Crippen LogP contribution in [-0.2, 0) is 21.7 Å². The molecule has 1 fully saturated rings. The molecule has 0 unspecified atom stereocenters. The molecule has 1 saturated heterocycles. The van der Waals surface area contributed by atoms with E-state index < -0.39 is 0 Å². The van der Waals surface area contributed by atoms with E-state index >= 15 is 0 Å². The second-order valence-corrected chi connectivity index (χ2v) is 3.95. The number of H-pyrrole nitrogens is 1. The van der Waals surface area contributed by atoms with Crippen molar-refractivity contribution in [3.63, 3.8) is 0 Å². The molecule has 0 bridgehead atoms. The second-order valence-electron chi connectivity index (χ2n) is 3.95. The van der Waals surface area contributed by atoms with Gasteiger partial charge in [-0.05, 0) is 6.92 Å². The maximum absolute atomic E-state index is 9.03. The maximum Gasteiger partial charge on any atom is 0.138 e. The molecule has 0 saturated carbocycles. The van der Waals surface area contributed by atoms with Crippen molar-refractivity contribution in [1.82, 2.24) is 9.97 Å². The largest absolute Gasteiger partial charge is 0.390 e. The molecule has 0 aromatic carbocycles. The molecule has 0 atom stereocenters. The fraction of sp³-hybridized carbons (Fsp3) is 0.727. The van der Waals surface area contributed by atoms with Crippen LogP contribution in [0.3, 0.4) is 0 Å². The molecule has 1 aromatic rings. The van der Waals surface area contributed by atoms with Crippen LogP contribution in [0.2, 0.25) is 0 Å². The Bertz CT molecular complexity index is 326. The zero-order valence-corrected chi connectivity index (χ0v) is 9.53. The summed E-state index contributed by atoms with van der Waals surface area (Å²) in [5.41, 5.74) is 0.362. The highest BCUT2D eigenvalue weighted by molar-refractivity contribution is 5.09. The van der Waals surface area contributed by atoms with Crippen molar-refractivity contribution < 1.29 is 14.6 Å². The van der Waals surface area contributed by atoms with Crippen molar-refractivity contribution in [2.45, 2.75) is 32.0 Å². The summed E-state index contributed by atoms with van der Waals surface area (Å²) in [6, 6.07) is 0. The number of hydrogen-bond acceptors (Lipinski definition) is 4. The Labute approximate surface area is 94.8 Å². The number of imidazole rings is 1. The Morgan fingerprint density at radius 1 is 1.56 bits per heavy atom. The number of hydrogen-bond donors (Lipinski definition) is 2. The third-order valence-corrected chi connectivity index (χ3v) is 2.95. The van der Waals surface area contributed by atoms with E-state index in [-0.39, 0.29) is 12.2 Å². The van der Waals surface area contributed by atoms with E-state index in [0.29, 0.717) is 19.8 Å². The van der Waals surface area contributed by atoms with Gasteiger partial charge < -0.3 is 19.6 Å². The monoisotopic (exact) mass is 226 g/mol. The van der Waals surface area contributed by atoms with Gasteiger partial charge in [-0.1, -0.05) is 0 Å². The average Bonchev–Trinajstić information content (AvgIpc) is 2.80. The standard InChI is InChI=1S/C11H18N2O3/c1-2-16-11(3-5-15-6-4-11)10-12-7-9(8-14)13-10/h7,14H,2-6,8H2,1H3,(H,12,13). The predicted octanol–water partition coefficient (Wildman–Crippen LogP) is 0.944. The molecule has 2 heterocycles. The smallest absolute Gasteiger partial charge is 0.138 e. The summed E-state index contributed by atoms with van der Waals surface area (Å²) in [5, 5.41) is 9.03. The summed E-state index contributed by atoms with van der Waals surface area (Å²) in [4.78, 5) is 7.42. The summed E-state index contributed by atoms with van der Waals surface area (Å²) in [7, 11) is 0. The zero-order valence-electron chi connectivity index (χ0n) is 9.53. The zero-order chi connectivity index (χ0) is 11.4. The van der Waals surface area contributed by atoms with Crippen molar-refractivity contribution in [3.8, 4) is 0 Å². The van der Waals surface area contributed by atoms with Crippen LogP contribution in [0.1, 0.15) is 31.3 Å². The molecule has 1 aliphatic rings. The lowest BCUT2D eigenvalue weighted by Gasteiger charge is -2.35. The van der Waals surface area contributed by atoms with Gasteiger partial charge in [-0.25, -0.2) is 4.98 Å². The lowest BCUT2D eigenvalue weighted by atomic mass is 9.93.